The third-order valence-corrected chi connectivity index (χ3v) is 3.29. The Bertz CT molecular complexity index is 732. The van der Waals surface area contributed by atoms with Gasteiger partial charge in [-0.15, -0.1) is 0 Å². The van der Waals surface area contributed by atoms with Crippen LogP contribution in [0.2, 0.25) is 10.2 Å². The summed E-state index contributed by atoms with van der Waals surface area (Å²) in [6.45, 7) is 1.70. The lowest BCUT2D eigenvalue weighted by atomic mass is 10.2. The van der Waals surface area contributed by atoms with Gasteiger partial charge in [-0.05, 0) is 18.6 Å². The zero-order valence-electron chi connectivity index (χ0n) is 9.84. The van der Waals surface area contributed by atoms with Gasteiger partial charge in [0.2, 0.25) is 0 Å². The summed E-state index contributed by atoms with van der Waals surface area (Å²) in [5, 5.41) is -0.0711. The van der Waals surface area contributed by atoms with Gasteiger partial charge in [-0.25, -0.2) is 13.8 Å². The zero-order chi connectivity index (χ0) is 14.2. The molecule has 0 amide bonds. The Morgan fingerprint density at radius 2 is 2.00 bits per heavy atom. The van der Waals surface area contributed by atoms with Gasteiger partial charge in [0.05, 0.1) is 10.6 Å². The number of halogens is 3. The second-order valence-corrected chi connectivity index (χ2v) is 4.57. The molecule has 4 nitrogen and oxygen atoms in total. The van der Waals surface area contributed by atoms with Gasteiger partial charge in [0, 0.05) is 0 Å². The van der Waals surface area contributed by atoms with E-state index in [0.717, 1.165) is 6.07 Å². The number of rotatable bonds is 2. The highest BCUT2D eigenvalue weighted by atomic mass is 35.5. The largest absolute Gasteiger partial charge is 0.334 e. The summed E-state index contributed by atoms with van der Waals surface area (Å²) in [6.07, 6.45) is 0.306. The Hall–Kier alpha value is -1.59. The zero-order valence-corrected chi connectivity index (χ0v) is 11.3. The van der Waals surface area contributed by atoms with Gasteiger partial charge in [0.25, 0.3) is 5.56 Å². The van der Waals surface area contributed by atoms with Crippen molar-refractivity contribution in [3.05, 3.63) is 60.6 Å². The fourth-order valence-corrected chi connectivity index (χ4v) is 2.30. The van der Waals surface area contributed by atoms with E-state index in [2.05, 4.69) is 4.98 Å². The molecule has 2 aromatic rings. The number of para-hydroxylation sites is 1. The van der Waals surface area contributed by atoms with E-state index in [1.807, 2.05) is 0 Å². The van der Waals surface area contributed by atoms with Gasteiger partial charge in [-0.1, -0.05) is 36.2 Å². The number of aromatic nitrogens is 2. The molecule has 2 rings (SSSR count). The molecule has 0 unspecified atom stereocenters. The highest BCUT2D eigenvalue weighted by Crippen LogP contribution is 2.21. The quantitative estimate of drug-likeness (QED) is 0.867. The number of nitrogens with one attached hydrogen (secondary N) is 1. The maximum absolute atomic E-state index is 13.8. The van der Waals surface area contributed by atoms with E-state index in [0.29, 0.717) is 11.0 Å². The first-order chi connectivity index (χ1) is 8.97. The van der Waals surface area contributed by atoms with Crippen molar-refractivity contribution in [1.29, 1.82) is 0 Å². The summed E-state index contributed by atoms with van der Waals surface area (Å²) in [5.74, 6) is -0.760. The van der Waals surface area contributed by atoms with Gasteiger partial charge in [-0.3, -0.25) is 9.78 Å². The van der Waals surface area contributed by atoms with E-state index < -0.39 is 17.1 Å². The lowest BCUT2D eigenvalue weighted by Crippen LogP contribution is -2.36. The minimum Gasteiger partial charge on any atom is -0.297 e. The average Bonchev–Trinajstić information content (AvgIpc) is 2.33. The van der Waals surface area contributed by atoms with Crippen LogP contribution >= 0.6 is 23.2 Å². The molecule has 100 valence electrons. The first kappa shape index (κ1) is 13.8. The molecule has 0 fully saturated rings. The van der Waals surface area contributed by atoms with Crippen LogP contribution in [-0.4, -0.2) is 9.55 Å². The topological polar surface area (TPSA) is 54.9 Å². The van der Waals surface area contributed by atoms with Crippen LogP contribution in [0.5, 0.6) is 0 Å². The molecule has 0 radical (unpaired) electrons. The van der Waals surface area contributed by atoms with E-state index in [-0.39, 0.29) is 21.4 Å². The Labute approximate surface area is 117 Å². The molecule has 0 saturated carbocycles. The standard InChI is InChI=1S/C12H9Cl2FN2O2/c1-2-6-10(14)16-12(19)17(11(6)18)9-7(13)4-3-5-8(9)15/h3-5H,2H2,1H3,(H,16,19). The summed E-state index contributed by atoms with van der Waals surface area (Å²) >= 11 is 11.6. The smallest absolute Gasteiger partial charge is 0.297 e. The third-order valence-electron chi connectivity index (χ3n) is 2.66. The normalized spacial score (nSPS) is 10.7. The Morgan fingerprint density at radius 1 is 1.32 bits per heavy atom. The van der Waals surface area contributed by atoms with E-state index in [1.54, 1.807) is 6.92 Å². The van der Waals surface area contributed by atoms with Gasteiger partial charge >= 0.3 is 5.69 Å². The van der Waals surface area contributed by atoms with Crippen LogP contribution in [-0.2, 0) is 6.42 Å². The summed E-state index contributed by atoms with van der Waals surface area (Å²) < 4.78 is 14.5. The molecule has 0 aliphatic rings. The van der Waals surface area contributed by atoms with Gasteiger partial charge in [0.1, 0.15) is 16.7 Å². The highest BCUT2D eigenvalue weighted by molar-refractivity contribution is 6.32. The van der Waals surface area contributed by atoms with Crippen molar-refractivity contribution in [2.75, 3.05) is 0 Å². The Balaban J connectivity index is 2.92. The minimum atomic E-state index is -0.834. The van der Waals surface area contributed by atoms with Crippen molar-refractivity contribution in [3.63, 3.8) is 0 Å². The van der Waals surface area contributed by atoms with E-state index in [9.17, 15) is 14.0 Å². The molecule has 0 aliphatic heterocycles. The van der Waals surface area contributed by atoms with Crippen molar-refractivity contribution in [2.45, 2.75) is 13.3 Å². The predicted molar refractivity (Wildman–Crippen MR) is 72.0 cm³/mol. The van der Waals surface area contributed by atoms with Gasteiger partial charge in [-0.2, -0.15) is 0 Å². The second-order valence-electron chi connectivity index (χ2n) is 3.79. The van der Waals surface area contributed by atoms with Crippen LogP contribution in [0.4, 0.5) is 4.39 Å². The van der Waals surface area contributed by atoms with Crippen molar-refractivity contribution < 1.29 is 4.39 Å². The van der Waals surface area contributed by atoms with Crippen LogP contribution in [0.1, 0.15) is 12.5 Å². The molecular formula is C12H9Cl2FN2O2. The number of nitrogens with zero attached hydrogens (tertiary/aromatic N) is 1. The Kier molecular flexibility index (Phi) is 3.78. The minimum absolute atomic E-state index is 0.0306. The molecule has 1 aromatic carbocycles. The fourth-order valence-electron chi connectivity index (χ4n) is 1.76. The van der Waals surface area contributed by atoms with Crippen molar-refractivity contribution in [2.24, 2.45) is 0 Å². The molecule has 0 spiro atoms. The van der Waals surface area contributed by atoms with Crippen molar-refractivity contribution >= 4 is 23.2 Å². The summed E-state index contributed by atoms with van der Waals surface area (Å²) in [5.41, 5.74) is -1.59. The van der Waals surface area contributed by atoms with Crippen molar-refractivity contribution in [1.82, 2.24) is 9.55 Å². The second kappa shape index (κ2) is 5.19. The molecule has 0 saturated heterocycles. The number of hydrogen-bond acceptors (Lipinski definition) is 2. The maximum atomic E-state index is 13.8. The SMILES string of the molecule is CCc1c(Cl)[nH]c(=O)n(-c2c(F)cccc2Cl)c1=O. The maximum Gasteiger partial charge on any atom is 0.334 e. The molecule has 0 atom stereocenters. The number of hydrogen-bond donors (Lipinski definition) is 1. The molecule has 19 heavy (non-hydrogen) atoms. The molecule has 7 heteroatoms. The molecule has 1 N–H and O–H groups in total. The number of aromatic amines is 1. The monoisotopic (exact) mass is 302 g/mol. The van der Waals surface area contributed by atoms with Crippen LogP contribution < -0.4 is 11.2 Å². The van der Waals surface area contributed by atoms with Crippen LogP contribution in [0.15, 0.2) is 27.8 Å². The fraction of sp³-hybridized carbons (Fsp3) is 0.167. The molecule has 1 heterocycles. The summed E-state index contributed by atoms with van der Waals surface area (Å²) in [4.78, 5) is 26.3. The molecule has 0 aliphatic carbocycles. The number of benzene rings is 1. The summed E-state index contributed by atoms with van der Waals surface area (Å²) in [6, 6.07) is 3.90. The van der Waals surface area contributed by atoms with E-state index in [1.165, 1.54) is 12.1 Å². The van der Waals surface area contributed by atoms with Crippen molar-refractivity contribution in [3.8, 4) is 5.69 Å². The highest BCUT2D eigenvalue weighted by Gasteiger charge is 2.17. The van der Waals surface area contributed by atoms with E-state index in [4.69, 9.17) is 23.2 Å². The lowest BCUT2D eigenvalue weighted by Gasteiger charge is -2.10. The van der Waals surface area contributed by atoms with Gasteiger partial charge < -0.3 is 0 Å². The van der Waals surface area contributed by atoms with Gasteiger partial charge in [0.15, 0.2) is 0 Å². The summed E-state index contributed by atoms with van der Waals surface area (Å²) in [7, 11) is 0. The molecule has 0 bridgehead atoms. The first-order valence-electron chi connectivity index (χ1n) is 5.45. The first-order valence-corrected chi connectivity index (χ1v) is 6.21. The molecule has 1 aromatic heterocycles. The van der Waals surface area contributed by atoms with Crippen LogP contribution in [0, 0.1) is 5.82 Å². The third kappa shape index (κ3) is 2.31. The van der Waals surface area contributed by atoms with Crippen LogP contribution in [0.3, 0.4) is 0 Å². The van der Waals surface area contributed by atoms with Crippen LogP contribution in [0.25, 0.3) is 5.69 Å². The molecular weight excluding hydrogens is 294 g/mol. The predicted octanol–water partition coefficient (Wildman–Crippen LogP) is 2.53. The number of H-pyrrole nitrogens is 1. The average molecular weight is 303 g/mol. The lowest BCUT2D eigenvalue weighted by molar-refractivity contribution is 0.611. The van der Waals surface area contributed by atoms with E-state index >= 15 is 0 Å². The Morgan fingerprint density at radius 3 is 2.58 bits per heavy atom.